The molecule has 6 heteroatoms. The fourth-order valence-electron chi connectivity index (χ4n) is 3.19. The van der Waals surface area contributed by atoms with E-state index >= 15 is 0 Å². The van der Waals surface area contributed by atoms with Gasteiger partial charge in [0.1, 0.15) is 0 Å². The van der Waals surface area contributed by atoms with Gasteiger partial charge in [0, 0.05) is 20.8 Å². The Hall–Kier alpha value is -0.0700. The molecule has 1 heterocycles. The maximum atomic E-state index is 13.2. The minimum absolute atomic E-state index is 0.104. The van der Waals surface area contributed by atoms with Crippen LogP contribution < -0.4 is 5.32 Å². The van der Waals surface area contributed by atoms with E-state index in [9.17, 15) is 13.2 Å². The average molecular weight is 370 g/mol. The van der Waals surface area contributed by atoms with Crippen LogP contribution in [0.1, 0.15) is 30.6 Å². The van der Waals surface area contributed by atoms with Crippen molar-refractivity contribution in [1.29, 1.82) is 0 Å². The highest BCUT2D eigenvalue weighted by Crippen LogP contribution is 2.43. The van der Waals surface area contributed by atoms with E-state index in [1.54, 1.807) is 18.4 Å². The monoisotopic (exact) mass is 369 g/mol. The van der Waals surface area contributed by atoms with E-state index in [1.165, 1.54) is 0 Å². The fourth-order valence-corrected chi connectivity index (χ4v) is 4.70. The molecule has 3 unspecified atom stereocenters. The van der Waals surface area contributed by atoms with Gasteiger partial charge in [-0.05, 0) is 54.2 Å². The second-order valence-electron chi connectivity index (χ2n) is 5.43. The molecule has 114 valence electrons. The van der Waals surface area contributed by atoms with E-state index < -0.39 is 12.1 Å². The zero-order valence-electron chi connectivity index (χ0n) is 11.3. The summed E-state index contributed by atoms with van der Waals surface area (Å²) >= 11 is 4.99. The number of thiophene rings is 1. The molecule has 1 aromatic rings. The molecule has 20 heavy (non-hydrogen) atoms. The lowest BCUT2D eigenvalue weighted by Crippen LogP contribution is -2.45. The Bertz CT molecular complexity index is 432. The Kier molecular flexibility index (Phi) is 5.54. The minimum Gasteiger partial charge on any atom is -0.316 e. The third-order valence-corrected chi connectivity index (χ3v) is 5.89. The van der Waals surface area contributed by atoms with Gasteiger partial charge in [0.15, 0.2) is 0 Å². The van der Waals surface area contributed by atoms with E-state index in [4.69, 9.17) is 0 Å². The molecule has 0 aliphatic heterocycles. The molecule has 1 aromatic heterocycles. The SMILES string of the molecule is CNC(Cc1cc(Br)cs1)C1CCCCC1C(F)(F)F. The van der Waals surface area contributed by atoms with Crippen molar-refractivity contribution in [2.45, 2.75) is 44.3 Å². The third-order valence-electron chi connectivity index (χ3n) is 4.17. The first-order chi connectivity index (χ1) is 9.41. The predicted molar refractivity (Wildman–Crippen MR) is 80.1 cm³/mol. The first-order valence-corrected chi connectivity index (χ1v) is 8.56. The quantitative estimate of drug-likeness (QED) is 0.786. The number of alkyl halides is 3. The van der Waals surface area contributed by atoms with Gasteiger partial charge in [-0.15, -0.1) is 11.3 Å². The van der Waals surface area contributed by atoms with Crippen LogP contribution in [0.25, 0.3) is 0 Å². The van der Waals surface area contributed by atoms with E-state index in [0.717, 1.165) is 15.8 Å². The largest absolute Gasteiger partial charge is 0.392 e. The topological polar surface area (TPSA) is 12.0 Å². The zero-order chi connectivity index (χ0) is 14.8. The summed E-state index contributed by atoms with van der Waals surface area (Å²) in [4.78, 5) is 1.13. The zero-order valence-corrected chi connectivity index (χ0v) is 13.7. The number of rotatable bonds is 4. The first-order valence-electron chi connectivity index (χ1n) is 6.88. The van der Waals surface area contributed by atoms with Gasteiger partial charge in [-0.1, -0.05) is 12.8 Å². The predicted octanol–water partition coefficient (Wildman–Crippen LogP) is 5.01. The van der Waals surface area contributed by atoms with Gasteiger partial charge in [0.05, 0.1) is 5.92 Å². The molecule has 1 aliphatic rings. The number of halogens is 4. The lowest BCUT2D eigenvalue weighted by Gasteiger charge is -2.38. The maximum Gasteiger partial charge on any atom is 0.392 e. The molecule has 1 aliphatic carbocycles. The number of nitrogens with one attached hydrogen (secondary N) is 1. The van der Waals surface area contributed by atoms with Crippen molar-refractivity contribution in [3.05, 3.63) is 20.8 Å². The molecule has 1 fully saturated rings. The number of hydrogen-bond acceptors (Lipinski definition) is 2. The standard InChI is InChI=1S/C14H19BrF3NS/c1-19-13(7-10-6-9(15)8-20-10)11-4-2-3-5-12(11)14(16,17)18/h6,8,11-13,19H,2-5,7H2,1H3. The lowest BCUT2D eigenvalue weighted by atomic mass is 9.74. The average Bonchev–Trinajstić information content (AvgIpc) is 2.80. The second kappa shape index (κ2) is 6.79. The number of likely N-dealkylation sites (N-methyl/N-ethyl adjacent to an activating group) is 1. The van der Waals surface area contributed by atoms with Crippen molar-refractivity contribution in [1.82, 2.24) is 5.32 Å². The fraction of sp³-hybridized carbons (Fsp3) is 0.714. The molecule has 0 amide bonds. The number of hydrogen-bond donors (Lipinski definition) is 1. The van der Waals surface area contributed by atoms with Gasteiger partial charge in [-0.2, -0.15) is 13.2 Å². The Labute approximate surface area is 130 Å². The minimum atomic E-state index is -4.07. The van der Waals surface area contributed by atoms with Gasteiger partial charge in [-0.25, -0.2) is 0 Å². The molecule has 0 spiro atoms. The van der Waals surface area contributed by atoms with Gasteiger partial charge in [-0.3, -0.25) is 0 Å². The van der Waals surface area contributed by atoms with Crippen LogP contribution in [-0.4, -0.2) is 19.3 Å². The summed E-state index contributed by atoms with van der Waals surface area (Å²) in [5.41, 5.74) is 0. The van der Waals surface area contributed by atoms with E-state index in [2.05, 4.69) is 21.2 Å². The van der Waals surface area contributed by atoms with Crippen molar-refractivity contribution in [2.24, 2.45) is 11.8 Å². The second-order valence-corrected chi connectivity index (χ2v) is 7.34. The molecule has 1 nitrogen and oxygen atoms in total. The molecule has 1 saturated carbocycles. The van der Waals surface area contributed by atoms with E-state index in [1.807, 2.05) is 11.4 Å². The summed E-state index contributed by atoms with van der Waals surface area (Å²) in [7, 11) is 1.77. The van der Waals surface area contributed by atoms with Crippen molar-refractivity contribution in [2.75, 3.05) is 7.05 Å². The molecular weight excluding hydrogens is 351 g/mol. The maximum absolute atomic E-state index is 13.2. The summed E-state index contributed by atoms with van der Waals surface area (Å²) in [6.07, 6.45) is -0.853. The first kappa shape index (κ1) is 16.3. The van der Waals surface area contributed by atoms with Gasteiger partial charge < -0.3 is 5.32 Å². The normalized spacial score (nSPS) is 25.6. The Morgan fingerprint density at radius 1 is 1.40 bits per heavy atom. The molecule has 0 radical (unpaired) electrons. The highest BCUT2D eigenvalue weighted by atomic mass is 79.9. The molecule has 3 atom stereocenters. The third kappa shape index (κ3) is 3.98. The van der Waals surface area contributed by atoms with Crippen LogP contribution in [0.15, 0.2) is 15.9 Å². The summed E-state index contributed by atoms with van der Waals surface area (Å²) < 4.78 is 40.6. The van der Waals surface area contributed by atoms with Gasteiger partial charge in [0.2, 0.25) is 0 Å². The van der Waals surface area contributed by atoms with Crippen molar-refractivity contribution in [3.63, 3.8) is 0 Å². The van der Waals surface area contributed by atoms with Crippen molar-refractivity contribution >= 4 is 27.3 Å². The van der Waals surface area contributed by atoms with Crippen LogP contribution in [0, 0.1) is 11.8 Å². The smallest absolute Gasteiger partial charge is 0.316 e. The summed E-state index contributed by atoms with van der Waals surface area (Å²) in [5.74, 6) is -1.47. The summed E-state index contributed by atoms with van der Waals surface area (Å²) in [6.45, 7) is 0. The Balaban J connectivity index is 2.11. The molecule has 0 aromatic carbocycles. The lowest BCUT2D eigenvalue weighted by molar-refractivity contribution is -0.199. The molecule has 0 saturated heterocycles. The van der Waals surface area contributed by atoms with Crippen LogP contribution in [0.3, 0.4) is 0 Å². The molecule has 2 rings (SSSR count). The summed E-state index contributed by atoms with van der Waals surface area (Å²) in [5, 5.41) is 5.10. The van der Waals surface area contributed by atoms with Crippen molar-refractivity contribution in [3.8, 4) is 0 Å². The molecular formula is C14H19BrF3NS. The van der Waals surface area contributed by atoms with Crippen LogP contribution >= 0.6 is 27.3 Å². The van der Waals surface area contributed by atoms with E-state index in [-0.39, 0.29) is 18.4 Å². The van der Waals surface area contributed by atoms with Crippen molar-refractivity contribution < 1.29 is 13.2 Å². The summed E-state index contributed by atoms with van der Waals surface area (Å²) in [6, 6.07) is 1.90. The highest BCUT2D eigenvalue weighted by molar-refractivity contribution is 9.10. The molecule has 1 N–H and O–H groups in total. The highest BCUT2D eigenvalue weighted by Gasteiger charge is 2.47. The Morgan fingerprint density at radius 2 is 2.10 bits per heavy atom. The van der Waals surface area contributed by atoms with Crippen LogP contribution in [-0.2, 0) is 6.42 Å². The van der Waals surface area contributed by atoms with Crippen LogP contribution in [0.4, 0.5) is 13.2 Å². The Morgan fingerprint density at radius 3 is 2.65 bits per heavy atom. The van der Waals surface area contributed by atoms with Crippen LogP contribution in [0.2, 0.25) is 0 Å². The van der Waals surface area contributed by atoms with Gasteiger partial charge >= 0.3 is 6.18 Å². The molecule has 0 bridgehead atoms. The van der Waals surface area contributed by atoms with E-state index in [0.29, 0.717) is 19.3 Å². The van der Waals surface area contributed by atoms with Gasteiger partial charge in [0.25, 0.3) is 0 Å². The van der Waals surface area contributed by atoms with Crippen LogP contribution in [0.5, 0.6) is 0 Å².